The molecule has 0 unspecified atom stereocenters. The van der Waals surface area contributed by atoms with E-state index in [1.165, 1.54) is 14.2 Å². The van der Waals surface area contributed by atoms with Gasteiger partial charge in [-0.05, 0) is 35.9 Å². The molecule has 0 heterocycles. The molecule has 2 aromatic carbocycles. The van der Waals surface area contributed by atoms with E-state index in [4.69, 9.17) is 4.74 Å². The number of amides is 1. The van der Waals surface area contributed by atoms with Crippen molar-refractivity contribution in [2.45, 2.75) is 12.7 Å². The Morgan fingerprint density at radius 1 is 1.06 bits per heavy atom. The molecule has 0 saturated carbocycles. The van der Waals surface area contributed by atoms with Gasteiger partial charge < -0.3 is 20.7 Å². The summed E-state index contributed by atoms with van der Waals surface area (Å²) in [5, 5.41) is 8.33. The molecular formula is C20H23F4IN4O2. The van der Waals surface area contributed by atoms with Gasteiger partial charge in [0.25, 0.3) is 5.91 Å². The SMILES string of the molecule is CN=C(NCCNC(=O)c1cccc(OC)c1)NCc1ccc(F)cc1C(F)(F)F.I. The number of guanidine groups is 1. The number of nitrogens with zero attached hydrogens (tertiary/aromatic N) is 1. The Balaban J connectivity index is 0.00000480. The van der Waals surface area contributed by atoms with Gasteiger partial charge in [-0.25, -0.2) is 4.39 Å². The molecule has 0 saturated heterocycles. The van der Waals surface area contributed by atoms with E-state index < -0.39 is 17.6 Å². The van der Waals surface area contributed by atoms with Gasteiger partial charge >= 0.3 is 6.18 Å². The first-order valence-corrected chi connectivity index (χ1v) is 8.97. The molecule has 1 amide bonds. The number of halogens is 5. The molecule has 0 radical (unpaired) electrons. The normalized spacial score (nSPS) is 11.4. The molecule has 0 aliphatic heterocycles. The number of ether oxygens (including phenoxy) is 1. The number of hydrogen-bond donors (Lipinski definition) is 3. The van der Waals surface area contributed by atoms with Gasteiger partial charge in [-0.3, -0.25) is 9.79 Å². The van der Waals surface area contributed by atoms with E-state index in [2.05, 4.69) is 20.9 Å². The Morgan fingerprint density at radius 3 is 2.42 bits per heavy atom. The van der Waals surface area contributed by atoms with Crippen molar-refractivity contribution in [1.29, 1.82) is 0 Å². The number of carbonyl (C=O) groups is 1. The van der Waals surface area contributed by atoms with Gasteiger partial charge in [-0.1, -0.05) is 12.1 Å². The summed E-state index contributed by atoms with van der Waals surface area (Å²) >= 11 is 0. The molecule has 2 rings (SSSR count). The van der Waals surface area contributed by atoms with Crippen LogP contribution in [0.1, 0.15) is 21.5 Å². The summed E-state index contributed by atoms with van der Waals surface area (Å²) in [6, 6.07) is 9.17. The molecule has 0 atom stereocenters. The Hall–Kier alpha value is -2.57. The lowest BCUT2D eigenvalue weighted by Crippen LogP contribution is -2.41. The van der Waals surface area contributed by atoms with E-state index >= 15 is 0 Å². The second-order valence-electron chi connectivity index (χ2n) is 6.14. The molecule has 0 spiro atoms. The fourth-order valence-electron chi connectivity index (χ4n) is 2.59. The van der Waals surface area contributed by atoms with Crippen molar-refractivity contribution >= 4 is 35.8 Å². The van der Waals surface area contributed by atoms with Gasteiger partial charge in [0.1, 0.15) is 11.6 Å². The molecule has 2 aromatic rings. The third kappa shape index (κ3) is 8.23. The highest BCUT2D eigenvalue weighted by molar-refractivity contribution is 14.0. The van der Waals surface area contributed by atoms with Crippen molar-refractivity contribution in [2.24, 2.45) is 4.99 Å². The van der Waals surface area contributed by atoms with Crippen molar-refractivity contribution in [2.75, 3.05) is 27.2 Å². The predicted octanol–water partition coefficient (Wildman–Crippen LogP) is 3.57. The van der Waals surface area contributed by atoms with Crippen LogP contribution in [0.15, 0.2) is 47.5 Å². The van der Waals surface area contributed by atoms with E-state index in [0.29, 0.717) is 17.4 Å². The molecule has 0 aromatic heterocycles. The summed E-state index contributed by atoms with van der Waals surface area (Å²) in [7, 11) is 2.96. The molecule has 0 bridgehead atoms. The Labute approximate surface area is 194 Å². The highest BCUT2D eigenvalue weighted by Crippen LogP contribution is 2.32. The second kappa shape index (κ2) is 12.3. The molecule has 170 valence electrons. The third-order valence-corrected chi connectivity index (χ3v) is 4.08. The van der Waals surface area contributed by atoms with Crippen LogP contribution in [0.2, 0.25) is 0 Å². The van der Waals surface area contributed by atoms with E-state index in [9.17, 15) is 22.4 Å². The molecule has 0 fully saturated rings. The fourth-order valence-corrected chi connectivity index (χ4v) is 2.59. The number of rotatable bonds is 7. The summed E-state index contributed by atoms with van der Waals surface area (Å²) in [6.45, 7) is 0.330. The van der Waals surface area contributed by atoms with Crippen molar-refractivity contribution < 1.29 is 27.1 Å². The average molecular weight is 554 g/mol. The quantitative estimate of drug-likeness (QED) is 0.161. The van der Waals surface area contributed by atoms with E-state index in [-0.39, 0.29) is 61.0 Å². The van der Waals surface area contributed by atoms with Gasteiger partial charge in [-0.2, -0.15) is 13.2 Å². The van der Waals surface area contributed by atoms with Crippen LogP contribution in [-0.4, -0.2) is 39.1 Å². The third-order valence-electron chi connectivity index (χ3n) is 4.08. The number of carbonyl (C=O) groups excluding carboxylic acids is 1. The zero-order valence-corrected chi connectivity index (χ0v) is 19.2. The van der Waals surface area contributed by atoms with Gasteiger partial charge in [0.2, 0.25) is 0 Å². The average Bonchev–Trinajstić information content (AvgIpc) is 2.73. The number of nitrogens with one attached hydrogen (secondary N) is 3. The van der Waals surface area contributed by atoms with Crippen LogP contribution < -0.4 is 20.7 Å². The minimum atomic E-state index is -4.67. The molecule has 3 N–H and O–H groups in total. The van der Waals surface area contributed by atoms with E-state index in [1.807, 2.05) is 0 Å². The predicted molar refractivity (Wildman–Crippen MR) is 120 cm³/mol. The first-order valence-electron chi connectivity index (χ1n) is 8.97. The van der Waals surface area contributed by atoms with Crippen molar-refractivity contribution in [3.05, 3.63) is 65.0 Å². The highest BCUT2D eigenvalue weighted by atomic mass is 127. The van der Waals surface area contributed by atoms with Crippen LogP contribution >= 0.6 is 24.0 Å². The highest BCUT2D eigenvalue weighted by Gasteiger charge is 2.33. The zero-order chi connectivity index (χ0) is 22.1. The first-order chi connectivity index (χ1) is 14.2. The van der Waals surface area contributed by atoms with Crippen LogP contribution in [0, 0.1) is 5.82 Å². The maximum absolute atomic E-state index is 13.2. The van der Waals surface area contributed by atoms with Crippen molar-refractivity contribution in [3.63, 3.8) is 0 Å². The molecule has 11 heteroatoms. The molecule has 31 heavy (non-hydrogen) atoms. The smallest absolute Gasteiger partial charge is 0.416 e. The first kappa shape index (κ1) is 26.5. The maximum atomic E-state index is 13.2. The monoisotopic (exact) mass is 554 g/mol. The Bertz CT molecular complexity index is 907. The largest absolute Gasteiger partial charge is 0.497 e. The summed E-state index contributed by atoms with van der Waals surface area (Å²) in [5.74, 6) is -0.451. The Kier molecular flexibility index (Phi) is 10.5. The number of hydrogen-bond acceptors (Lipinski definition) is 3. The van der Waals surface area contributed by atoms with Crippen LogP contribution in [0.5, 0.6) is 5.75 Å². The van der Waals surface area contributed by atoms with Crippen molar-refractivity contribution in [1.82, 2.24) is 16.0 Å². The lowest BCUT2D eigenvalue weighted by molar-refractivity contribution is -0.138. The number of methoxy groups -OCH3 is 1. The second-order valence-corrected chi connectivity index (χ2v) is 6.14. The molecule has 0 aliphatic carbocycles. The van der Waals surface area contributed by atoms with Crippen LogP contribution in [0.4, 0.5) is 17.6 Å². The number of aliphatic imine (C=N–C) groups is 1. The molecular weight excluding hydrogens is 531 g/mol. The van der Waals surface area contributed by atoms with Gasteiger partial charge in [0, 0.05) is 32.2 Å². The summed E-state index contributed by atoms with van der Waals surface area (Å²) < 4.78 is 57.4. The van der Waals surface area contributed by atoms with Gasteiger partial charge in [-0.15, -0.1) is 24.0 Å². The van der Waals surface area contributed by atoms with Crippen LogP contribution in [0.3, 0.4) is 0 Å². The number of alkyl halides is 3. The summed E-state index contributed by atoms with van der Waals surface area (Å²) in [5.41, 5.74) is -0.720. The number of benzene rings is 2. The van der Waals surface area contributed by atoms with Gasteiger partial charge in [0.15, 0.2) is 5.96 Å². The molecule has 6 nitrogen and oxygen atoms in total. The van der Waals surface area contributed by atoms with E-state index in [0.717, 1.165) is 12.1 Å². The minimum absolute atomic E-state index is 0. The molecule has 0 aliphatic rings. The topological polar surface area (TPSA) is 74.8 Å². The standard InChI is InChI=1S/C20H22F4N4O2.HI/c1-25-19(28-12-14-6-7-15(21)11-17(14)20(22,23)24)27-9-8-26-18(29)13-4-3-5-16(10-13)30-2;/h3-7,10-11H,8-9,12H2,1-2H3,(H,26,29)(H2,25,27,28);1H. The van der Waals surface area contributed by atoms with Crippen molar-refractivity contribution in [3.8, 4) is 5.75 Å². The van der Waals surface area contributed by atoms with Crippen LogP contribution in [0.25, 0.3) is 0 Å². The fraction of sp³-hybridized carbons (Fsp3) is 0.300. The lowest BCUT2D eigenvalue weighted by atomic mass is 10.1. The summed E-state index contributed by atoms with van der Waals surface area (Å²) in [6.07, 6.45) is -4.67. The maximum Gasteiger partial charge on any atom is 0.416 e. The summed E-state index contributed by atoms with van der Waals surface area (Å²) in [4.78, 5) is 16.0. The minimum Gasteiger partial charge on any atom is -0.497 e. The lowest BCUT2D eigenvalue weighted by Gasteiger charge is -2.16. The van der Waals surface area contributed by atoms with Gasteiger partial charge in [0.05, 0.1) is 12.7 Å². The Morgan fingerprint density at radius 2 is 1.77 bits per heavy atom. The van der Waals surface area contributed by atoms with E-state index in [1.54, 1.807) is 24.3 Å². The van der Waals surface area contributed by atoms with Crippen LogP contribution in [-0.2, 0) is 12.7 Å². The zero-order valence-electron chi connectivity index (χ0n) is 16.8.